The molecule has 1 heterocycles. The summed E-state index contributed by atoms with van der Waals surface area (Å²) in [7, 11) is 0. The number of nitrogens with one attached hydrogen (secondary N) is 3. The molecule has 0 aromatic heterocycles. The van der Waals surface area contributed by atoms with Gasteiger partial charge in [0.2, 0.25) is 17.7 Å². The van der Waals surface area contributed by atoms with Crippen LogP contribution in [-0.2, 0) is 33.8 Å². The molecule has 6 rings (SSSR count). The summed E-state index contributed by atoms with van der Waals surface area (Å²) in [6.45, 7) is 10.8. The summed E-state index contributed by atoms with van der Waals surface area (Å²) < 4.78 is 0. The summed E-state index contributed by atoms with van der Waals surface area (Å²) in [5.41, 5.74) is 3.45. The molecule has 0 spiro atoms. The number of amides is 3. The molecule has 8 nitrogen and oxygen atoms in total. The normalized spacial score (nSPS) is 15.4. The van der Waals surface area contributed by atoms with Crippen LogP contribution in [0.2, 0.25) is 0 Å². The van der Waals surface area contributed by atoms with Crippen LogP contribution in [0.25, 0.3) is 21.5 Å². The number of fused-ring (bicyclic) bond motifs is 2. The minimum Gasteiger partial charge on any atom is -0.390 e. The largest absolute Gasteiger partial charge is 0.390 e. The maximum absolute atomic E-state index is 14.6. The van der Waals surface area contributed by atoms with Gasteiger partial charge in [0.1, 0.15) is 6.04 Å². The summed E-state index contributed by atoms with van der Waals surface area (Å²) in [6, 6.07) is 37.9. The lowest BCUT2D eigenvalue weighted by Crippen LogP contribution is -2.55. The van der Waals surface area contributed by atoms with Crippen LogP contribution in [0, 0.1) is 17.8 Å². The number of piperidine rings is 1. The van der Waals surface area contributed by atoms with Gasteiger partial charge in [-0.25, -0.2) is 0 Å². The van der Waals surface area contributed by atoms with Gasteiger partial charge in [0, 0.05) is 31.6 Å². The number of nitrogens with zero attached hydrogens (tertiary/aromatic N) is 1. The van der Waals surface area contributed by atoms with Crippen molar-refractivity contribution in [1.29, 1.82) is 0 Å². The van der Waals surface area contributed by atoms with E-state index in [0.717, 1.165) is 65.1 Å². The number of hydrogen-bond acceptors (Lipinski definition) is 5. The highest BCUT2D eigenvalue weighted by atomic mass is 16.3. The van der Waals surface area contributed by atoms with Crippen molar-refractivity contribution in [2.24, 2.45) is 17.8 Å². The Morgan fingerprint density at radius 1 is 0.655 bits per heavy atom. The Hall–Kier alpha value is -5.05. The lowest BCUT2D eigenvalue weighted by Gasteiger charge is -2.33. The topological polar surface area (TPSA) is 111 Å². The minimum absolute atomic E-state index is 0.0474. The van der Waals surface area contributed by atoms with Gasteiger partial charge in [-0.3, -0.25) is 19.3 Å². The molecule has 5 aromatic carbocycles. The average Bonchev–Trinajstić information content (AvgIpc) is 3.21. The maximum Gasteiger partial charge on any atom is 0.242 e. The first-order chi connectivity index (χ1) is 28.0. The molecule has 0 unspecified atom stereocenters. The van der Waals surface area contributed by atoms with Gasteiger partial charge < -0.3 is 21.1 Å². The first kappa shape index (κ1) is 42.6. The molecule has 3 amide bonds. The highest BCUT2D eigenvalue weighted by Crippen LogP contribution is 2.27. The van der Waals surface area contributed by atoms with Gasteiger partial charge in [-0.1, -0.05) is 143 Å². The molecule has 1 fully saturated rings. The van der Waals surface area contributed by atoms with Crippen LogP contribution in [0.4, 0.5) is 0 Å². The highest BCUT2D eigenvalue weighted by Gasteiger charge is 2.32. The van der Waals surface area contributed by atoms with Gasteiger partial charge in [0.25, 0.3) is 0 Å². The quantitative estimate of drug-likeness (QED) is 0.0721. The van der Waals surface area contributed by atoms with E-state index in [2.05, 4.69) is 93.6 Å². The van der Waals surface area contributed by atoms with Crippen LogP contribution in [0.3, 0.4) is 0 Å². The van der Waals surface area contributed by atoms with E-state index in [4.69, 9.17) is 0 Å². The molecular weight excluding hydrogens is 721 g/mol. The van der Waals surface area contributed by atoms with E-state index in [1.54, 1.807) is 0 Å². The van der Waals surface area contributed by atoms with Crippen molar-refractivity contribution in [3.8, 4) is 0 Å². The number of aliphatic hydroxyl groups excluding tert-OH is 1. The minimum atomic E-state index is -1.08. The zero-order chi connectivity index (χ0) is 41.0. The molecular formula is C50H62N4O4. The fraction of sp³-hybridized carbons (Fsp3) is 0.420. The molecule has 3 atom stereocenters. The number of hydrogen-bond donors (Lipinski definition) is 4. The maximum atomic E-state index is 14.6. The lowest BCUT2D eigenvalue weighted by atomic mass is 9.87. The van der Waals surface area contributed by atoms with Gasteiger partial charge in [-0.2, -0.15) is 0 Å². The molecule has 5 aromatic rings. The number of carbonyl (C=O) groups is 3. The molecule has 1 aliphatic rings. The highest BCUT2D eigenvalue weighted by molar-refractivity contribution is 5.91. The second-order valence-corrected chi connectivity index (χ2v) is 17.2. The predicted octanol–water partition coefficient (Wildman–Crippen LogP) is 7.99. The van der Waals surface area contributed by atoms with Gasteiger partial charge >= 0.3 is 0 Å². The Morgan fingerprint density at radius 3 is 1.76 bits per heavy atom. The number of aliphatic hydroxyl groups is 1. The SMILES string of the molecule is CC(C)C[C@H](NC(=O)C(Cc1cccc2ccccc12)Cc1cccc2ccccc12)C(=O)N[C@@H](CC(C)C)[C@@H](O)CC(=O)NC1CCN(Cc2ccccc2)CC1. The smallest absolute Gasteiger partial charge is 0.242 e. The Morgan fingerprint density at radius 2 is 1.19 bits per heavy atom. The second kappa shape index (κ2) is 20.6. The first-order valence-electron chi connectivity index (χ1n) is 21.3. The second-order valence-electron chi connectivity index (χ2n) is 17.2. The zero-order valence-electron chi connectivity index (χ0n) is 34.7. The van der Waals surface area contributed by atoms with E-state index < -0.39 is 24.1 Å². The van der Waals surface area contributed by atoms with E-state index >= 15 is 0 Å². The molecule has 1 aliphatic heterocycles. The Kier molecular flexibility index (Phi) is 15.1. The summed E-state index contributed by atoms with van der Waals surface area (Å²) in [5, 5.41) is 25.4. The van der Waals surface area contributed by atoms with Crippen molar-refractivity contribution in [3.05, 3.63) is 132 Å². The Labute approximate surface area is 344 Å². The van der Waals surface area contributed by atoms with Crippen LogP contribution in [-0.4, -0.2) is 65.0 Å². The summed E-state index contributed by atoms with van der Waals surface area (Å²) in [5.74, 6) is -0.924. The van der Waals surface area contributed by atoms with Crippen molar-refractivity contribution in [2.45, 2.75) is 103 Å². The fourth-order valence-corrected chi connectivity index (χ4v) is 8.52. The van der Waals surface area contributed by atoms with Crippen molar-refractivity contribution >= 4 is 39.3 Å². The van der Waals surface area contributed by atoms with E-state index in [-0.39, 0.29) is 42.0 Å². The average molecular weight is 783 g/mol. The van der Waals surface area contributed by atoms with Gasteiger partial charge in [-0.05, 0) is 88.6 Å². The van der Waals surface area contributed by atoms with Crippen LogP contribution in [0.5, 0.6) is 0 Å². The lowest BCUT2D eigenvalue weighted by molar-refractivity contribution is -0.132. The molecule has 0 saturated carbocycles. The molecule has 8 heteroatoms. The van der Waals surface area contributed by atoms with Gasteiger partial charge in [0.15, 0.2) is 0 Å². The van der Waals surface area contributed by atoms with E-state index in [0.29, 0.717) is 25.7 Å². The van der Waals surface area contributed by atoms with Crippen LogP contribution in [0.15, 0.2) is 115 Å². The van der Waals surface area contributed by atoms with E-state index in [1.807, 2.05) is 70.2 Å². The van der Waals surface area contributed by atoms with Crippen molar-refractivity contribution < 1.29 is 19.5 Å². The summed E-state index contributed by atoms with van der Waals surface area (Å²) in [6.07, 6.45) is 2.43. The Balaban J connectivity index is 1.13. The number of rotatable bonds is 18. The third-order valence-electron chi connectivity index (χ3n) is 11.5. The monoisotopic (exact) mass is 782 g/mol. The molecule has 1 saturated heterocycles. The number of carbonyl (C=O) groups excluding carboxylic acids is 3. The van der Waals surface area contributed by atoms with E-state index in [9.17, 15) is 19.5 Å². The van der Waals surface area contributed by atoms with Gasteiger partial charge in [0.05, 0.1) is 18.6 Å². The molecule has 0 bridgehead atoms. The zero-order valence-corrected chi connectivity index (χ0v) is 34.7. The van der Waals surface area contributed by atoms with Crippen LogP contribution < -0.4 is 16.0 Å². The molecule has 0 radical (unpaired) electrons. The molecule has 0 aliphatic carbocycles. The molecule has 58 heavy (non-hydrogen) atoms. The molecule has 4 N–H and O–H groups in total. The van der Waals surface area contributed by atoms with E-state index in [1.165, 1.54) is 5.56 Å². The van der Waals surface area contributed by atoms with Gasteiger partial charge in [-0.15, -0.1) is 0 Å². The van der Waals surface area contributed by atoms with Crippen molar-refractivity contribution in [3.63, 3.8) is 0 Å². The summed E-state index contributed by atoms with van der Waals surface area (Å²) >= 11 is 0. The first-order valence-corrected chi connectivity index (χ1v) is 21.3. The van der Waals surface area contributed by atoms with Crippen LogP contribution in [0.1, 0.15) is 76.5 Å². The van der Waals surface area contributed by atoms with Crippen molar-refractivity contribution in [2.75, 3.05) is 13.1 Å². The Bertz CT molecular complexity index is 2020. The predicted molar refractivity (Wildman–Crippen MR) is 235 cm³/mol. The van der Waals surface area contributed by atoms with Crippen molar-refractivity contribution in [1.82, 2.24) is 20.9 Å². The number of benzene rings is 5. The fourth-order valence-electron chi connectivity index (χ4n) is 8.52. The third kappa shape index (κ3) is 12.0. The number of likely N-dealkylation sites (tertiary alicyclic amines) is 1. The third-order valence-corrected chi connectivity index (χ3v) is 11.5. The standard InChI is InChI=1S/C50H62N4O4/c1-34(2)28-45(47(55)32-48(56)51-42-24-26-54(27-25-42)33-36-14-6-5-7-15-36)52-50(58)46(29-35(3)4)53-49(57)41(30-39-20-12-18-37-16-8-10-22-43(37)39)31-40-21-13-19-38-17-9-11-23-44(38)40/h5-23,34-35,41-42,45-47,55H,24-33H2,1-4H3,(H,51,56)(H,52,58)(H,53,57)/t45-,46-,47-/m0/s1. The summed E-state index contributed by atoms with van der Waals surface area (Å²) in [4.78, 5) is 44.5. The van der Waals surface area contributed by atoms with Crippen LogP contribution >= 0.6 is 0 Å². The molecule has 306 valence electrons.